The van der Waals surface area contributed by atoms with Crippen LogP contribution in [-0.4, -0.2) is 63.6 Å². The highest BCUT2D eigenvalue weighted by Gasteiger charge is 2.21. The van der Waals surface area contributed by atoms with Crippen LogP contribution in [0.5, 0.6) is 0 Å². The second kappa shape index (κ2) is 12.6. The minimum Gasteiger partial charge on any atom is -0.340 e. The molecule has 0 atom stereocenters. The predicted octanol–water partition coefficient (Wildman–Crippen LogP) is 5.21. The Labute approximate surface area is 225 Å². The lowest BCUT2D eigenvalue weighted by Gasteiger charge is -2.35. The summed E-state index contributed by atoms with van der Waals surface area (Å²) in [5, 5.41) is 7.02. The normalized spacial score (nSPS) is 14.7. The first-order chi connectivity index (χ1) is 17.9. The van der Waals surface area contributed by atoms with Crippen LogP contribution in [0.4, 0.5) is 11.6 Å². The van der Waals surface area contributed by atoms with Gasteiger partial charge >= 0.3 is 0 Å². The third-order valence-corrected chi connectivity index (χ3v) is 6.38. The molecule has 1 aromatic heterocycles. The molecule has 3 aromatic rings. The van der Waals surface area contributed by atoms with Crippen molar-refractivity contribution >= 4 is 41.0 Å². The molecule has 2 heterocycles. The van der Waals surface area contributed by atoms with Gasteiger partial charge in [-0.25, -0.2) is 9.97 Å². The monoisotopic (exact) mass is 513 g/mol. The van der Waals surface area contributed by atoms with E-state index < -0.39 is 0 Å². The molecule has 0 aliphatic carbocycles. The van der Waals surface area contributed by atoms with Crippen molar-refractivity contribution in [3.8, 4) is 0 Å². The summed E-state index contributed by atoms with van der Waals surface area (Å²) in [6, 6.07) is 18.6. The SMILES string of the molecule is Cc1ccc(NC(=S)/N=C(/Nc2nc(C)cc(C)n2)N2CCN(C/C=C/c3ccccc3)CC2)c(C)c1. The molecule has 0 radical (unpaired) electrons. The average molecular weight is 514 g/mol. The Kier molecular flexibility index (Phi) is 8.98. The number of hydrogen-bond acceptors (Lipinski definition) is 4. The molecule has 1 aliphatic rings. The topological polar surface area (TPSA) is 68.7 Å². The molecule has 37 heavy (non-hydrogen) atoms. The molecule has 8 heteroatoms. The van der Waals surface area contributed by atoms with Gasteiger partial charge in [0.05, 0.1) is 0 Å². The Hall–Kier alpha value is -3.62. The van der Waals surface area contributed by atoms with Gasteiger partial charge < -0.3 is 10.2 Å². The lowest BCUT2D eigenvalue weighted by atomic mass is 10.1. The number of aromatic nitrogens is 2. The van der Waals surface area contributed by atoms with Crippen molar-refractivity contribution in [1.82, 2.24) is 19.8 Å². The Morgan fingerprint density at radius 1 is 0.919 bits per heavy atom. The highest BCUT2D eigenvalue weighted by Crippen LogP contribution is 2.17. The molecule has 0 unspecified atom stereocenters. The van der Waals surface area contributed by atoms with Gasteiger partial charge in [-0.3, -0.25) is 10.2 Å². The molecule has 0 saturated carbocycles. The van der Waals surface area contributed by atoms with E-state index in [1.807, 2.05) is 32.0 Å². The number of aliphatic imine (C=N–C) groups is 1. The third kappa shape index (κ3) is 7.93. The first kappa shape index (κ1) is 26.4. The Morgan fingerprint density at radius 3 is 2.30 bits per heavy atom. The second-order valence-electron chi connectivity index (χ2n) is 9.38. The van der Waals surface area contributed by atoms with E-state index in [0.717, 1.165) is 55.4 Å². The number of piperazine rings is 1. The van der Waals surface area contributed by atoms with Gasteiger partial charge in [0.2, 0.25) is 17.0 Å². The van der Waals surface area contributed by atoms with Crippen LogP contribution in [0.25, 0.3) is 6.08 Å². The number of aryl methyl sites for hydroxylation is 4. The van der Waals surface area contributed by atoms with Gasteiger partial charge in [0, 0.05) is 49.8 Å². The number of nitrogens with one attached hydrogen (secondary N) is 2. The maximum Gasteiger partial charge on any atom is 0.229 e. The van der Waals surface area contributed by atoms with Crippen molar-refractivity contribution in [3.05, 3.63) is 88.8 Å². The molecule has 2 N–H and O–H groups in total. The fraction of sp³-hybridized carbons (Fsp3) is 0.310. The van der Waals surface area contributed by atoms with Gasteiger partial charge in [0.25, 0.3) is 0 Å². The molecule has 192 valence electrons. The van der Waals surface area contributed by atoms with Gasteiger partial charge in [0.1, 0.15) is 0 Å². The number of nitrogens with zero attached hydrogens (tertiary/aromatic N) is 5. The highest BCUT2D eigenvalue weighted by molar-refractivity contribution is 7.80. The van der Waals surface area contributed by atoms with Crippen molar-refractivity contribution in [2.75, 3.05) is 43.4 Å². The summed E-state index contributed by atoms with van der Waals surface area (Å²) in [6.07, 6.45) is 4.40. The predicted molar refractivity (Wildman–Crippen MR) is 158 cm³/mol. The summed E-state index contributed by atoms with van der Waals surface area (Å²) < 4.78 is 0. The molecule has 1 aliphatic heterocycles. The molecule has 7 nitrogen and oxygen atoms in total. The number of guanidine groups is 1. The van der Waals surface area contributed by atoms with E-state index in [9.17, 15) is 0 Å². The molecule has 1 saturated heterocycles. The van der Waals surface area contributed by atoms with Crippen LogP contribution in [0.3, 0.4) is 0 Å². The average Bonchev–Trinajstić information content (AvgIpc) is 2.86. The van der Waals surface area contributed by atoms with Crippen molar-refractivity contribution in [2.24, 2.45) is 4.99 Å². The van der Waals surface area contributed by atoms with Gasteiger partial charge in [-0.1, -0.05) is 60.2 Å². The van der Waals surface area contributed by atoms with Gasteiger partial charge in [0.15, 0.2) is 0 Å². The van der Waals surface area contributed by atoms with Crippen LogP contribution in [0.2, 0.25) is 0 Å². The van der Waals surface area contributed by atoms with E-state index >= 15 is 0 Å². The molecule has 0 spiro atoms. The minimum absolute atomic E-state index is 0.395. The minimum atomic E-state index is 0.395. The molecule has 0 amide bonds. The molecular formula is C29H35N7S. The molecule has 2 aromatic carbocycles. The number of benzene rings is 2. The van der Waals surface area contributed by atoms with Crippen LogP contribution < -0.4 is 10.6 Å². The molecule has 1 fully saturated rings. The maximum absolute atomic E-state index is 5.64. The Bertz CT molecular complexity index is 1260. The summed E-state index contributed by atoms with van der Waals surface area (Å²) >= 11 is 5.64. The van der Waals surface area contributed by atoms with Crippen LogP contribution in [0.1, 0.15) is 28.1 Å². The largest absolute Gasteiger partial charge is 0.340 e. The smallest absolute Gasteiger partial charge is 0.229 e. The van der Waals surface area contributed by atoms with E-state index in [0.29, 0.717) is 17.0 Å². The third-order valence-electron chi connectivity index (χ3n) is 6.18. The van der Waals surface area contributed by atoms with Gasteiger partial charge in [-0.15, -0.1) is 0 Å². The van der Waals surface area contributed by atoms with E-state index in [4.69, 9.17) is 17.2 Å². The summed E-state index contributed by atoms with van der Waals surface area (Å²) in [4.78, 5) is 18.5. The van der Waals surface area contributed by atoms with Gasteiger partial charge in [-0.05, 0) is 63.2 Å². The van der Waals surface area contributed by atoms with E-state index in [-0.39, 0.29) is 0 Å². The van der Waals surface area contributed by atoms with E-state index in [2.05, 4.69) is 92.8 Å². The summed E-state index contributed by atoms with van der Waals surface area (Å²) in [5.41, 5.74) is 6.32. The quantitative estimate of drug-likeness (QED) is 0.276. The zero-order chi connectivity index (χ0) is 26.2. The lowest BCUT2D eigenvalue weighted by molar-refractivity contribution is 0.198. The standard InChI is InChI=1S/C29H35N7S/c1-21-12-13-26(22(2)19-21)32-29(37)34-28(33-27-30-23(3)20-24(4)31-27)36-17-15-35(16-18-36)14-8-11-25-9-6-5-7-10-25/h5-13,19-20H,14-18H2,1-4H3,(H2,30,31,32,33,34,37)/b11-8+. The van der Waals surface area contributed by atoms with Crippen LogP contribution in [0.15, 0.2) is 65.7 Å². The van der Waals surface area contributed by atoms with Crippen molar-refractivity contribution in [2.45, 2.75) is 27.7 Å². The number of anilines is 2. The zero-order valence-electron chi connectivity index (χ0n) is 22.0. The first-order valence-corrected chi connectivity index (χ1v) is 13.0. The maximum atomic E-state index is 5.64. The lowest BCUT2D eigenvalue weighted by Crippen LogP contribution is -2.51. The zero-order valence-corrected chi connectivity index (χ0v) is 22.8. The fourth-order valence-corrected chi connectivity index (χ4v) is 4.49. The number of hydrogen-bond donors (Lipinski definition) is 2. The second-order valence-corrected chi connectivity index (χ2v) is 9.77. The van der Waals surface area contributed by atoms with Crippen molar-refractivity contribution < 1.29 is 0 Å². The van der Waals surface area contributed by atoms with Crippen molar-refractivity contribution in [3.63, 3.8) is 0 Å². The summed E-state index contributed by atoms with van der Waals surface area (Å²) in [6.45, 7) is 12.5. The molecule has 4 rings (SSSR count). The fourth-order valence-electron chi connectivity index (χ4n) is 4.30. The number of thiocarbonyl (C=S) groups is 1. The summed E-state index contributed by atoms with van der Waals surface area (Å²) in [5.74, 6) is 1.19. The Balaban J connectivity index is 1.45. The number of rotatable bonds is 5. The Morgan fingerprint density at radius 2 is 1.62 bits per heavy atom. The molecular weight excluding hydrogens is 478 g/mol. The first-order valence-electron chi connectivity index (χ1n) is 12.6. The van der Waals surface area contributed by atoms with Crippen LogP contribution in [0, 0.1) is 27.7 Å². The van der Waals surface area contributed by atoms with E-state index in [1.54, 1.807) is 0 Å². The van der Waals surface area contributed by atoms with Crippen LogP contribution >= 0.6 is 12.2 Å². The van der Waals surface area contributed by atoms with Gasteiger partial charge in [-0.2, -0.15) is 4.99 Å². The summed E-state index contributed by atoms with van der Waals surface area (Å²) in [7, 11) is 0. The van der Waals surface area contributed by atoms with Crippen molar-refractivity contribution in [1.29, 1.82) is 0 Å². The highest BCUT2D eigenvalue weighted by atomic mass is 32.1. The van der Waals surface area contributed by atoms with Crippen LogP contribution in [-0.2, 0) is 0 Å². The molecule has 0 bridgehead atoms. The van der Waals surface area contributed by atoms with E-state index in [1.165, 1.54) is 11.1 Å².